The van der Waals surface area contributed by atoms with Crippen molar-refractivity contribution in [1.82, 2.24) is 9.62 Å². The van der Waals surface area contributed by atoms with E-state index in [9.17, 15) is 13.2 Å². The molecule has 0 saturated carbocycles. The molecule has 32 heavy (non-hydrogen) atoms. The van der Waals surface area contributed by atoms with E-state index in [4.69, 9.17) is 11.6 Å². The number of amides is 1. The molecule has 1 fully saturated rings. The van der Waals surface area contributed by atoms with Crippen molar-refractivity contribution in [2.24, 2.45) is 5.92 Å². The third-order valence-electron chi connectivity index (χ3n) is 6.15. The Morgan fingerprint density at radius 2 is 1.81 bits per heavy atom. The van der Waals surface area contributed by atoms with E-state index < -0.39 is 10.0 Å². The molecule has 1 saturated heterocycles. The molecular weight excluding hydrogens is 446 g/mol. The first-order valence-corrected chi connectivity index (χ1v) is 12.9. The van der Waals surface area contributed by atoms with Crippen LogP contribution in [0.3, 0.4) is 0 Å². The van der Waals surface area contributed by atoms with Crippen molar-refractivity contribution in [1.29, 1.82) is 0 Å². The Kier molecular flexibility index (Phi) is 7.85. The highest BCUT2D eigenvalue weighted by molar-refractivity contribution is 7.89. The van der Waals surface area contributed by atoms with E-state index in [2.05, 4.69) is 17.1 Å². The van der Waals surface area contributed by atoms with Gasteiger partial charge in [0.15, 0.2) is 0 Å². The van der Waals surface area contributed by atoms with Crippen LogP contribution in [0.2, 0.25) is 5.02 Å². The van der Waals surface area contributed by atoms with Gasteiger partial charge in [0.2, 0.25) is 10.0 Å². The molecule has 3 rings (SSSR count). The van der Waals surface area contributed by atoms with Gasteiger partial charge in [-0.1, -0.05) is 37.6 Å². The summed E-state index contributed by atoms with van der Waals surface area (Å²) in [6, 6.07) is 10.7. The fourth-order valence-corrected chi connectivity index (χ4v) is 5.84. The maximum absolute atomic E-state index is 12.9. The molecule has 8 heteroatoms. The topological polar surface area (TPSA) is 69.7 Å². The van der Waals surface area contributed by atoms with Gasteiger partial charge in [0.25, 0.3) is 5.91 Å². The van der Waals surface area contributed by atoms with Crippen molar-refractivity contribution in [2.75, 3.05) is 37.6 Å². The second-order valence-electron chi connectivity index (χ2n) is 8.31. The molecule has 1 aliphatic heterocycles. The Labute approximate surface area is 196 Å². The molecule has 0 spiro atoms. The highest BCUT2D eigenvalue weighted by Gasteiger charge is 2.26. The molecule has 0 radical (unpaired) electrons. The van der Waals surface area contributed by atoms with Crippen molar-refractivity contribution < 1.29 is 13.2 Å². The van der Waals surface area contributed by atoms with Crippen LogP contribution in [0.15, 0.2) is 41.3 Å². The number of hydrogen-bond donors (Lipinski definition) is 1. The molecule has 1 aliphatic rings. The summed E-state index contributed by atoms with van der Waals surface area (Å²) < 4.78 is 27.1. The van der Waals surface area contributed by atoms with E-state index in [1.165, 1.54) is 15.9 Å². The largest absolute Gasteiger partial charge is 0.371 e. The van der Waals surface area contributed by atoms with Crippen LogP contribution in [-0.4, -0.2) is 51.4 Å². The molecule has 0 aliphatic carbocycles. The third-order valence-corrected chi connectivity index (χ3v) is 8.43. The Morgan fingerprint density at radius 1 is 1.12 bits per heavy atom. The van der Waals surface area contributed by atoms with E-state index in [0.717, 1.165) is 35.8 Å². The lowest BCUT2D eigenvalue weighted by Crippen LogP contribution is -2.32. The number of carbonyl (C=O) groups is 1. The molecule has 1 unspecified atom stereocenters. The SMILES string of the molecule is CCN(CC)S(=O)(=O)c1ccc(C)c(C(=O)NCC2CCN(c3cc(Cl)ccc3C)C2)c1. The Hall–Kier alpha value is -2.09. The van der Waals surface area contributed by atoms with Gasteiger partial charge in [0.05, 0.1) is 4.90 Å². The zero-order chi connectivity index (χ0) is 23.5. The van der Waals surface area contributed by atoms with E-state index in [1.807, 2.05) is 25.1 Å². The highest BCUT2D eigenvalue weighted by atomic mass is 35.5. The molecule has 1 heterocycles. The van der Waals surface area contributed by atoms with Gasteiger partial charge in [-0.15, -0.1) is 0 Å². The van der Waals surface area contributed by atoms with E-state index in [1.54, 1.807) is 26.0 Å². The summed E-state index contributed by atoms with van der Waals surface area (Å²) in [4.78, 5) is 15.4. The number of hydrogen-bond acceptors (Lipinski definition) is 4. The molecule has 0 bridgehead atoms. The molecule has 0 aromatic heterocycles. The zero-order valence-corrected chi connectivity index (χ0v) is 20.8. The van der Waals surface area contributed by atoms with Gasteiger partial charge in [0.1, 0.15) is 0 Å². The zero-order valence-electron chi connectivity index (χ0n) is 19.2. The van der Waals surface area contributed by atoms with Gasteiger partial charge < -0.3 is 10.2 Å². The summed E-state index contributed by atoms with van der Waals surface area (Å²) in [6.45, 7) is 10.6. The summed E-state index contributed by atoms with van der Waals surface area (Å²) in [5.41, 5.74) is 3.47. The predicted molar refractivity (Wildman–Crippen MR) is 130 cm³/mol. The Bertz CT molecular complexity index is 1080. The number of anilines is 1. The number of rotatable bonds is 8. The summed E-state index contributed by atoms with van der Waals surface area (Å²) in [5, 5.41) is 3.74. The van der Waals surface area contributed by atoms with Crippen molar-refractivity contribution in [3.05, 3.63) is 58.1 Å². The van der Waals surface area contributed by atoms with Crippen LogP contribution in [-0.2, 0) is 10.0 Å². The molecule has 1 N–H and O–H groups in total. The number of benzene rings is 2. The fourth-order valence-electron chi connectivity index (χ4n) is 4.19. The number of nitrogens with one attached hydrogen (secondary N) is 1. The minimum atomic E-state index is -3.61. The van der Waals surface area contributed by atoms with Crippen molar-refractivity contribution in [3.63, 3.8) is 0 Å². The van der Waals surface area contributed by atoms with Gasteiger partial charge in [-0.25, -0.2) is 8.42 Å². The normalized spacial score (nSPS) is 16.6. The second-order valence-corrected chi connectivity index (χ2v) is 10.7. The molecule has 6 nitrogen and oxygen atoms in total. The van der Waals surface area contributed by atoms with Gasteiger partial charge in [-0.3, -0.25) is 4.79 Å². The highest BCUT2D eigenvalue weighted by Crippen LogP contribution is 2.29. The predicted octanol–water partition coefficient (Wildman–Crippen LogP) is 4.24. The molecule has 2 aromatic rings. The maximum atomic E-state index is 12.9. The Balaban J connectivity index is 1.67. The van der Waals surface area contributed by atoms with E-state index >= 15 is 0 Å². The van der Waals surface area contributed by atoms with Crippen LogP contribution in [0, 0.1) is 19.8 Å². The smallest absolute Gasteiger partial charge is 0.251 e. The lowest BCUT2D eigenvalue weighted by molar-refractivity contribution is 0.0947. The van der Waals surface area contributed by atoms with Gasteiger partial charge in [0, 0.05) is 49.0 Å². The van der Waals surface area contributed by atoms with Crippen LogP contribution >= 0.6 is 11.6 Å². The average molecular weight is 478 g/mol. The van der Waals surface area contributed by atoms with Crippen LogP contribution in [0.1, 0.15) is 41.8 Å². The first-order chi connectivity index (χ1) is 15.2. The van der Waals surface area contributed by atoms with Crippen LogP contribution < -0.4 is 10.2 Å². The number of aryl methyl sites for hydroxylation is 2. The monoisotopic (exact) mass is 477 g/mol. The standard InChI is InChI=1S/C24H32ClN3O3S/c1-5-28(6-2)32(30,31)21-10-8-17(3)22(14-21)24(29)26-15-19-11-12-27(16-19)23-13-20(25)9-7-18(23)4/h7-10,13-14,19H,5-6,11-12,15-16H2,1-4H3,(H,26,29). The Morgan fingerprint density at radius 3 is 2.50 bits per heavy atom. The number of carbonyl (C=O) groups excluding carboxylic acids is 1. The first kappa shape index (κ1) is 24.6. The lowest BCUT2D eigenvalue weighted by Gasteiger charge is -2.21. The molecule has 1 amide bonds. The third kappa shape index (κ3) is 5.27. The summed E-state index contributed by atoms with van der Waals surface area (Å²) in [5.74, 6) is 0.0803. The minimum absolute atomic E-state index is 0.153. The van der Waals surface area contributed by atoms with Crippen LogP contribution in [0.25, 0.3) is 0 Å². The molecule has 174 valence electrons. The van der Waals surface area contributed by atoms with Gasteiger partial charge in [-0.05, 0) is 61.6 Å². The van der Waals surface area contributed by atoms with Gasteiger partial charge >= 0.3 is 0 Å². The fraction of sp³-hybridized carbons (Fsp3) is 0.458. The summed E-state index contributed by atoms with van der Waals surface area (Å²) >= 11 is 6.17. The van der Waals surface area contributed by atoms with Crippen LogP contribution in [0.4, 0.5) is 5.69 Å². The van der Waals surface area contributed by atoms with Crippen molar-refractivity contribution in [3.8, 4) is 0 Å². The lowest BCUT2D eigenvalue weighted by atomic mass is 10.1. The van der Waals surface area contributed by atoms with Gasteiger partial charge in [-0.2, -0.15) is 4.31 Å². The van der Waals surface area contributed by atoms with E-state index in [-0.39, 0.29) is 10.8 Å². The number of nitrogens with zero attached hydrogens (tertiary/aromatic N) is 2. The minimum Gasteiger partial charge on any atom is -0.371 e. The second kappa shape index (κ2) is 10.2. The summed E-state index contributed by atoms with van der Waals surface area (Å²) in [6.07, 6.45) is 0.974. The first-order valence-electron chi connectivity index (χ1n) is 11.1. The van der Waals surface area contributed by atoms with Crippen LogP contribution in [0.5, 0.6) is 0 Å². The molecule has 2 aromatic carbocycles. The van der Waals surface area contributed by atoms with Crippen molar-refractivity contribution >= 4 is 33.2 Å². The quantitative estimate of drug-likeness (QED) is 0.617. The van der Waals surface area contributed by atoms with E-state index in [0.29, 0.717) is 31.1 Å². The molecule has 1 atom stereocenters. The van der Waals surface area contributed by atoms with Crippen molar-refractivity contribution in [2.45, 2.75) is 39.0 Å². The molecular formula is C24H32ClN3O3S. The number of sulfonamides is 1. The number of halogens is 1. The average Bonchev–Trinajstić information content (AvgIpc) is 3.23. The maximum Gasteiger partial charge on any atom is 0.251 e. The summed E-state index contributed by atoms with van der Waals surface area (Å²) in [7, 11) is -3.61.